The predicted octanol–water partition coefficient (Wildman–Crippen LogP) is 2.42. The van der Waals surface area contributed by atoms with E-state index in [0.29, 0.717) is 18.6 Å². The molecule has 0 saturated carbocycles. The van der Waals surface area contributed by atoms with Gasteiger partial charge in [-0.1, -0.05) is 25.4 Å². The van der Waals surface area contributed by atoms with E-state index in [4.69, 9.17) is 9.26 Å². The van der Waals surface area contributed by atoms with Crippen LogP contribution in [0.3, 0.4) is 0 Å². The maximum atomic E-state index is 5.28. The summed E-state index contributed by atoms with van der Waals surface area (Å²) in [5.74, 6) is 1.51. The van der Waals surface area contributed by atoms with Crippen LogP contribution >= 0.6 is 0 Å². The van der Waals surface area contributed by atoms with Gasteiger partial charge in [0, 0.05) is 32.3 Å². The van der Waals surface area contributed by atoms with Crippen LogP contribution in [0.5, 0.6) is 0 Å². The smallest absolute Gasteiger partial charge is 0.162 e. The van der Waals surface area contributed by atoms with Gasteiger partial charge in [0.25, 0.3) is 0 Å². The topological polar surface area (TPSA) is 50.5 Å². The summed E-state index contributed by atoms with van der Waals surface area (Å²) in [5.41, 5.74) is 1.01. The lowest BCUT2D eigenvalue weighted by molar-refractivity contribution is 0.132. The average molecular weight is 295 g/mol. The molecule has 2 rings (SSSR count). The second-order valence-electron chi connectivity index (χ2n) is 6.39. The van der Waals surface area contributed by atoms with Crippen molar-refractivity contribution < 1.29 is 9.26 Å². The lowest BCUT2D eigenvalue weighted by Crippen LogP contribution is -2.45. The lowest BCUT2D eigenvalue weighted by atomic mass is 10.0. The highest BCUT2D eigenvalue weighted by atomic mass is 16.5. The van der Waals surface area contributed by atoms with Gasteiger partial charge in [-0.05, 0) is 31.8 Å². The summed E-state index contributed by atoms with van der Waals surface area (Å²) in [6.07, 6.45) is 3.88. The van der Waals surface area contributed by atoms with E-state index in [9.17, 15) is 0 Å². The van der Waals surface area contributed by atoms with Crippen LogP contribution in [-0.2, 0) is 17.9 Å². The maximum Gasteiger partial charge on any atom is 0.162 e. The van der Waals surface area contributed by atoms with Crippen LogP contribution in [0.25, 0.3) is 0 Å². The molecule has 120 valence electrons. The van der Waals surface area contributed by atoms with Gasteiger partial charge in [0.05, 0.1) is 5.69 Å². The molecule has 0 amide bonds. The van der Waals surface area contributed by atoms with E-state index in [1.807, 2.05) is 6.07 Å². The predicted molar refractivity (Wildman–Crippen MR) is 83.0 cm³/mol. The minimum absolute atomic E-state index is 0.492. The number of aromatic nitrogens is 1. The Kier molecular flexibility index (Phi) is 6.67. The zero-order chi connectivity index (χ0) is 15.1. The number of rotatable bonds is 8. The van der Waals surface area contributed by atoms with Gasteiger partial charge in [-0.15, -0.1) is 0 Å². The standard InChI is InChI=1S/C16H29N3O2/c1-13(2)9-17-10-15-6-4-5-7-19(15)11-14-8-16(12-20-3)21-18-14/h8,13,15,17H,4-7,9-12H2,1-3H3. The molecule has 1 aromatic rings. The van der Waals surface area contributed by atoms with Gasteiger partial charge in [-0.3, -0.25) is 4.90 Å². The Hall–Kier alpha value is -0.910. The fourth-order valence-corrected chi connectivity index (χ4v) is 2.89. The lowest BCUT2D eigenvalue weighted by Gasteiger charge is -2.35. The molecule has 1 aliphatic heterocycles. The minimum Gasteiger partial charge on any atom is -0.377 e. The quantitative estimate of drug-likeness (QED) is 0.798. The summed E-state index contributed by atoms with van der Waals surface area (Å²) in [7, 11) is 1.67. The van der Waals surface area contributed by atoms with Crippen LogP contribution < -0.4 is 5.32 Å². The molecule has 1 aliphatic rings. The minimum atomic E-state index is 0.492. The third-order valence-corrected chi connectivity index (χ3v) is 3.94. The van der Waals surface area contributed by atoms with Gasteiger partial charge in [-0.25, -0.2) is 0 Å². The van der Waals surface area contributed by atoms with Gasteiger partial charge >= 0.3 is 0 Å². The van der Waals surface area contributed by atoms with Crippen molar-refractivity contribution in [2.24, 2.45) is 5.92 Å². The van der Waals surface area contributed by atoms with Crippen molar-refractivity contribution in [2.45, 2.75) is 52.3 Å². The molecule has 5 heteroatoms. The number of hydrogen-bond acceptors (Lipinski definition) is 5. The van der Waals surface area contributed by atoms with E-state index in [1.54, 1.807) is 7.11 Å². The number of nitrogens with zero attached hydrogens (tertiary/aromatic N) is 2. The van der Waals surface area contributed by atoms with Crippen LogP contribution in [0, 0.1) is 5.92 Å². The fraction of sp³-hybridized carbons (Fsp3) is 0.812. The summed E-state index contributed by atoms with van der Waals surface area (Å²) in [6.45, 7) is 9.18. The molecule has 0 bridgehead atoms. The molecule has 0 spiro atoms. The van der Waals surface area contributed by atoms with Crippen LogP contribution in [0.4, 0.5) is 0 Å². The number of methoxy groups -OCH3 is 1. The number of ether oxygens (including phenoxy) is 1. The van der Waals surface area contributed by atoms with Crippen molar-refractivity contribution in [1.82, 2.24) is 15.4 Å². The van der Waals surface area contributed by atoms with Gasteiger partial charge in [0.1, 0.15) is 6.61 Å². The molecule has 2 heterocycles. The molecule has 0 aromatic carbocycles. The molecule has 1 N–H and O–H groups in total. The van der Waals surface area contributed by atoms with Crippen molar-refractivity contribution in [1.29, 1.82) is 0 Å². The third kappa shape index (κ3) is 5.41. The molecule has 1 fully saturated rings. The van der Waals surface area contributed by atoms with Crippen LogP contribution in [0.1, 0.15) is 44.6 Å². The first-order valence-corrected chi connectivity index (χ1v) is 8.07. The Morgan fingerprint density at radius 2 is 2.33 bits per heavy atom. The van der Waals surface area contributed by atoms with Crippen molar-refractivity contribution in [2.75, 3.05) is 26.7 Å². The molecule has 1 unspecified atom stereocenters. The van der Waals surface area contributed by atoms with E-state index < -0.39 is 0 Å². The monoisotopic (exact) mass is 295 g/mol. The van der Waals surface area contributed by atoms with Crippen LogP contribution in [-0.4, -0.2) is 42.8 Å². The number of hydrogen-bond donors (Lipinski definition) is 1. The second kappa shape index (κ2) is 8.51. The van der Waals surface area contributed by atoms with Crippen molar-refractivity contribution in [3.05, 3.63) is 17.5 Å². The highest BCUT2D eigenvalue weighted by Crippen LogP contribution is 2.19. The summed E-state index contributed by atoms with van der Waals surface area (Å²) >= 11 is 0. The maximum absolute atomic E-state index is 5.28. The molecule has 1 atom stereocenters. The SMILES string of the molecule is COCc1cc(CN2CCCCC2CNCC(C)C)no1. The van der Waals surface area contributed by atoms with E-state index in [1.165, 1.54) is 19.3 Å². The highest BCUT2D eigenvalue weighted by molar-refractivity contribution is 5.05. The van der Waals surface area contributed by atoms with Crippen LogP contribution in [0.15, 0.2) is 10.6 Å². The second-order valence-corrected chi connectivity index (χ2v) is 6.39. The Morgan fingerprint density at radius 1 is 1.48 bits per heavy atom. The average Bonchev–Trinajstić information content (AvgIpc) is 2.88. The van der Waals surface area contributed by atoms with Crippen molar-refractivity contribution in [3.63, 3.8) is 0 Å². The first-order valence-electron chi connectivity index (χ1n) is 8.07. The summed E-state index contributed by atoms with van der Waals surface area (Å²) < 4.78 is 10.3. The highest BCUT2D eigenvalue weighted by Gasteiger charge is 2.23. The van der Waals surface area contributed by atoms with E-state index in [-0.39, 0.29) is 0 Å². The molecule has 0 aliphatic carbocycles. The van der Waals surface area contributed by atoms with Crippen LogP contribution in [0.2, 0.25) is 0 Å². The molecular formula is C16H29N3O2. The summed E-state index contributed by atoms with van der Waals surface area (Å²) in [4.78, 5) is 2.53. The molecule has 0 radical (unpaired) electrons. The zero-order valence-electron chi connectivity index (χ0n) is 13.6. The Balaban J connectivity index is 1.85. The van der Waals surface area contributed by atoms with Gasteiger partial charge < -0.3 is 14.6 Å². The summed E-state index contributed by atoms with van der Waals surface area (Å²) in [5, 5.41) is 7.75. The van der Waals surface area contributed by atoms with Gasteiger partial charge in [0.15, 0.2) is 5.76 Å². The Bertz CT molecular complexity index is 406. The third-order valence-electron chi connectivity index (χ3n) is 3.94. The number of nitrogens with one attached hydrogen (secondary N) is 1. The fourth-order valence-electron chi connectivity index (χ4n) is 2.89. The first kappa shape index (κ1) is 16.5. The number of likely N-dealkylation sites (tertiary alicyclic amines) is 1. The molecule has 5 nitrogen and oxygen atoms in total. The van der Waals surface area contributed by atoms with E-state index in [2.05, 4.69) is 29.2 Å². The van der Waals surface area contributed by atoms with E-state index >= 15 is 0 Å². The molecular weight excluding hydrogens is 266 g/mol. The first-order chi connectivity index (χ1) is 10.2. The number of piperidine rings is 1. The van der Waals surface area contributed by atoms with Crippen molar-refractivity contribution >= 4 is 0 Å². The Morgan fingerprint density at radius 3 is 3.10 bits per heavy atom. The normalized spacial score (nSPS) is 20.3. The summed E-state index contributed by atoms with van der Waals surface area (Å²) in [6, 6.07) is 2.62. The molecule has 21 heavy (non-hydrogen) atoms. The van der Waals surface area contributed by atoms with Gasteiger partial charge in [0.2, 0.25) is 0 Å². The largest absolute Gasteiger partial charge is 0.377 e. The molecule has 1 aromatic heterocycles. The van der Waals surface area contributed by atoms with Gasteiger partial charge in [-0.2, -0.15) is 0 Å². The zero-order valence-corrected chi connectivity index (χ0v) is 13.6. The molecule has 1 saturated heterocycles. The van der Waals surface area contributed by atoms with E-state index in [0.717, 1.165) is 37.6 Å². The van der Waals surface area contributed by atoms with Crippen molar-refractivity contribution in [3.8, 4) is 0 Å². The Labute approximate surface area is 128 Å².